The molecule has 0 N–H and O–H groups in total. The minimum absolute atomic E-state index is 1.06. The van der Waals surface area contributed by atoms with Crippen LogP contribution in [-0.4, -0.2) is 0 Å². The quantitative estimate of drug-likeness (QED) is 0.298. The van der Waals surface area contributed by atoms with Gasteiger partial charge in [-0.1, -0.05) is 52.4 Å². The normalized spacial score (nSPS) is 9.50. The van der Waals surface area contributed by atoms with E-state index in [0.717, 1.165) is 25.7 Å². The van der Waals surface area contributed by atoms with Crippen LogP contribution in [0.25, 0.3) is 0 Å². The molecule has 0 bridgehead atoms. The van der Waals surface area contributed by atoms with Crippen molar-refractivity contribution in [2.75, 3.05) is 0 Å². The number of unbranched alkanes of at least 4 members (excludes halogenated alkanes) is 11. The SMILES string of the molecule is CCCCCCC#CCCCCC#CCCCCCC. The van der Waals surface area contributed by atoms with Crippen molar-refractivity contribution in [2.24, 2.45) is 0 Å². The van der Waals surface area contributed by atoms with E-state index in [1.165, 1.54) is 64.2 Å². The minimum Gasteiger partial charge on any atom is -0.103 e. The van der Waals surface area contributed by atoms with Gasteiger partial charge in [0.2, 0.25) is 0 Å². The Bertz CT molecular complexity index is 259. The monoisotopic (exact) mass is 274 g/mol. The van der Waals surface area contributed by atoms with Gasteiger partial charge < -0.3 is 0 Å². The van der Waals surface area contributed by atoms with E-state index >= 15 is 0 Å². The van der Waals surface area contributed by atoms with Gasteiger partial charge in [0.05, 0.1) is 0 Å². The third-order valence-electron chi connectivity index (χ3n) is 3.41. The fourth-order valence-electron chi connectivity index (χ4n) is 2.06. The molecule has 0 aliphatic rings. The Morgan fingerprint density at radius 1 is 0.400 bits per heavy atom. The Balaban J connectivity index is 3.20. The molecule has 20 heavy (non-hydrogen) atoms. The lowest BCUT2D eigenvalue weighted by molar-refractivity contribution is 0.679. The summed E-state index contributed by atoms with van der Waals surface area (Å²) in [5.41, 5.74) is 0. The second kappa shape index (κ2) is 18.1. The van der Waals surface area contributed by atoms with Crippen LogP contribution >= 0.6 is 0 Å². The second-order valence-corrected chi connectivity index (χ2v) is 5.54. The summed E-state index contributed by atoms with van der Waals surface area (Å²) in [4.78, 5) is 0. The van der Waals surface area contributed by atoms with Crippen LogP contribution in [0, 0.1) is 23.7 Å². The highest BCUT2D eigenvalue weighted by Gasteiger charge is 1.86. The van der Waals surface area contributed by atoms with E-state index in [4.69, 9.17) is 0 Å². The summed E-state index contributed by atoms with van der Waals surface area (Å²) in [5.74, 6) is 13.2. The Hall–Kier alpha value is -0.880. The Morgan fingerprint density at radius 2 is 0.700 bits per heavy atom. The standard InChI is InChI=1S/C20H34/c1-3-5-7-9-11-13-15-17-19-20-18-16-14-12-10-8-6-4-2/h3-12,17-20H2,1-2H3. The highest BCUT2D eigenvalue weighted by molar-refractivity contribution is 5.00. The molecule has 0 aliphatic heterocycles. The highest BCUT2D eigenvalue weighted by atomic mass is 13.9. The van der Waals surface area contributed by atoms with Crippen LogP contribution in [0.5, 0.6) is 0 Å². The molecule has 0 fully saturated rings. The fraction of sp³-hybridized carbons (Fsp3) is 0.800. The molecule has 0 aromatic heterocycles. The van der Waals surface area contributed by atoms with Gasteiger partial charge in [-0.15, -0.1) is 23.7 Å². The first-order chi connectivity index (χ1) is 9.91. The lowest BCUT2D eigenvalue weighted by Gasteiger charge is -1.93. The number of hydrogen-bond donors (Lipinski definition) is 0. The van der Waals surface area contributed by atoms with Gasteiger partial charge in [0.25, 0.3) is 0 Å². The van der Waals surface area contributed by atoms with E-state index in [0.29, 0.717) is 0 Å². The first-order valence-corrected chi connectivity index (χ1v) is 8.83. The summed E-state index contributed by atoms with van der Waals surface area (Å²) in [6.45, 7) is 4.50. The topological polar surface area (TPSA) is 0 Å². The van der Waals surface area contributed by atoms with Crippen molar-refractivity contribution in [3.63, 3.8) is 0 Å². The van der Waals surface area contributed by atoms with Crippen LogP contribution < -0.4 is 0 Å². The first kappa shape index (κ1) is 19.1. The molecule has 0 amide bonds. The highest BCUT2D eigenvalue weighted by Crippen LogP contribution is 2.03. The second-order valence-electron chi connectivity index (χ2n) is 5.54. The van der Waals surface area contributed by atoms with Gasteiger partial charge in [0.1, 0.15) is 0 Å². The Kier molecular flexibility index (Phi) is 17.3. The molecule has 0 heterocycles. The predicted molar refractivity (Wildman–Crippen MR) is 91.5 cm³/mol. The smallest absolute Gasteiger partial charge is 0.00890 e. The Labute approximate surface area is 128 Å². The molecule has 0 saturated carbocycles. The summed E-state index contributed by atoms with van der Waals surface area (Å²) in [7, 11) is 0. The average molecular weight is 274 g/mol. The van der Waals surface area contributed by atoms with Crippen LogP contribution in [-0.2, 0) is 0 Å². The minimum atomic E-state index is 1.06. The van der Waals surface area contributed by atoms with Crippen LogP contribution in [0.2, 0.25) is 0 Å². The zero-order valence-corrected chi connectivity index (χ0v) is 13.9. The summed E-state index contributed by atoms with van der Waals surface area (Å²) in [6.07, 6.45) is 17.3. The maximum Gasteiger partial charge on any atom is 0.00890 e. The third kappa shape index (κ3) is 17.1. The van der Waals surface area contributed by atoms with Crippen molar-refractivity contribution < 1.29 is 0 Å². The zero-order chi connectivity index (χ0) is 14.7. The maximum absolute atomic E-state index is 3.29. The lowest BCUT2D eigenvalue weighted by atomic mass is 10.1. The van der Waals surface area contributed by atoms with Crippen molar-refractivity contribution in [1.82, 2.24) is 0 Å². The lowest BCUT2D eigenvalue weighted by Crippen LogP contribution is -1.76. The fourth-order valence-corrected chi connectivity index (χ4v) is 2.06. The van der Waals surface area contributed by atoms with Crippen molar-refractivity contribution in [2.45, 2.75) is 104 Å². The largest absolute Gasteiger partial charge is 0.103 e. The van der Waals surface area contributed by atoms with Crippen molar-refractivity contribution in [1.29, 1.82) is 0 Å². The van der Waals surface area contributed by atoms with Crippen LogP contribution in [0.1, 0.15) is 104 Å². The van der Waals surface area contributed by atoms with Crippen molar-refractivity contribution in [3.05, 3.63) is 0 Å². The van der Waals surface area contributed by atoms with Gasteiger partial charge in [0.15, 0.2) is 0 Å². The van der Waals surface area contributed by atoms with Crippen molar-refractivity contribution in [3.8, 4) is 23.7 Å². The molecule has 0 aliphatic carbocycles. The number of rotatable bonds is 11. The van der Waals surface area contributed by atoms with Crippen molar-refractivity contribution >= 4 is 0 Å². The molecule has 0 radical (unpaired) electrons. The molecule has 0 saturated heterocycles. The molecule has 114 valence electrons. The first-order valence-electron chi connectivity index (χ1n) is 8.83. The third-order valence-corrected chi connectivity index (χ3v) is 3.41. The molecule has 0 rings (SSSR count). The van der Waals surface area contributed by atoms with Crippen LogP contribution in [0.15, 0.2) is 0 Å². The predicted octanol–water partition coefficient (Wildman–Crippen LogP) is 6.49. The molecule has 0 heteroatoms. The van der Waals surface area contributed by atoms with E-state index < -0.39 is 0 Å². The molecule has 0 aromatic rings. The summed E-state index contributed by atoms with van der Waals surface area (Å²) < 4.78 is 0. The van der Waals surface area contributed by atoms with Gasteiger partial charge in [-0.25, -0.2) is 0 Å². The van der Waals surface area contributed by atoms with Gasteiger partial charge in [-0.05, 0) is 25.7 Å². The molecule has 0 spiro atoms. The number of hydrogen-bond acceptors (Lipinski definition) is 0. The van der Waals surface area contributed by atoms with E-state index in [1.807, 2.05) is 0 Å². The summed E-state index contributed by atoms with van der Waals surface area (Å²) >= 11 is 0. The molecular formula is C20H34. The summed E-state index contributed by atoms with van der Waals surface area (Å²) in [6, 6.07) is 0. The molecule has 0 atom stereocenters. The molecular weight excluding hydrogens is 240 g/mol. The molecule has 0 nitrogen and oxygen atoms in total. The van der Waals surface area contributed by atoms with Gasteiger partial charge in [-0.2, -0.15) is 0 Å². The van der Waals surface area contributed by atoms with E-state index in [9.17, 15) is 0 Å². The maximum atomic E-state index is 3.29. The summed E-state index contributed by atoms with van der Waals surface area (Å²) in [5, 5.41) is 0. The van der Waals surface area contributed by atoms with Gasteiger partial charge in [0, 0.05) is 25.7 Å². The molecule has 0 unspecified atom stereocenters. The van der Waals surface area contributed by atoms with Gasteiger partial charge >= 0.3 is 0 Å². The molecule has 0 aromatic carbocycles. The Morgan fingerprint density at radius 3 is 1.00 bits per heavy atom. The van der Waals surface area contributed by atoms with E-state index in [1.54, 1.807) is 0 Å². The van der Waals surface area contributed by atoms with Crippen LogP contribution in [0.3, 0.4) is 0 Å². The van der Waals surface area contributed by atoms with E-state index in [2.05, 4.69) is 37.5 Å². The van der Waals surface area contributed by atoms with Crippen LogP contribution in [0.4, 0.5) is 0 Å². The van der Waals surface area contributed by atoms with Gasteiger partial charge in [-0.3, -0.25) is 0 Å². The zero-order valence-electron chi connectivity index (χ0n) is 13.9. The van der Waals surface area contributed by atoms with E-state index in [-0.39, 0.29) is 0 Å². The average Bonchev–Trinajstić information content (AvgIpc) is 2.47.